The zero-order chi connectivity index (χ0) is 29.9. The average Bonchev–Trinajstić information content (AvgIpc) is 3.67. The molecular formula is C42H28N2O. The molecule has 0 fully saturated rings. The van der Waals surface area contributed by atoms with Gasteiger partial charge in [0, 0.05) is 26.9 Å². The lowest BCUT2D eigenvalue weighted by Crippen LogP contribution is -2.09. The Labute approximate surface area is 260 Å². The van der Waals surface area contributed by atoms with Crippen LogP contribution in [0, 0.1) is 0 Å². The second-order valence-electron chi connectivity index (χ2n) is 11.6. The summed E-state index contributed by atoms with van der Waals surface area (Å²) in [7, 11) is 0. The molecule has 0 saturated heterocycles. The highest BCUT2D eigenvalue weighted by Gasteiger charge is 2.27. The van der Waals surface area contributed by atoms with Gasteiger partial charge in [0.2, 0.25) is 0 Å². The van der Waals surface area contributed by atoms with Crippen LogP contribution in [-0.2, 0) is 0 Å². The van der Waals surface area contributed by atoms with Crippen molar-refractivity contribution in [3.05, 3.63) is 163 Å². The molecule has 9 rings (SSSR count). The topological polar surface area (TPSA) is 30.4 Å². The predicted octanol–water partition coefficient (Wildman–Crippen LogP) is 11.3. The first-order valence-electron chi connectivity index (χ1n) is 15.3. The molecule has 0 aliphatic carbocycles. The van der Waals surface area contributed by atoms with Crippen molar-refractivity contribution in [1.82, 2.24) is 4.57 Å². The summed E-state index contributed by atoms with van der Waals surface area (Å²) >= 11 is 0. The molecule has 7 aromatic carbocycles. The lowest BCUT2D eigenvalue weighted by atomic mass is 9.98. The zero-order valence-electron chi connectivity index (χ0n) is 24.5. The van der Waals surface area contributed by atoms with Crippen molar-refractivity contribution in [3.63, 3.8) is 0 Å². The van der Waals surface area contributed by atoms with E-state index in [1.807, 2.05) is 24.3 Å². The van der Waals surface area contributed by atoms with Crippen LogP contribution < -0.4 is 0 Å². The Kier molecular flexibility index (Phi) is 5.72. The van der Waals surface area contributed by atoms with Crippen LogP contribution in [0.15, 0.2) is 161 Å². The van der Waals surface area contributed by atoms with Crippen LogP contribution in [0.25, 0.3) is 71.0 Å². The van der Waals surface area contributed by atoms with Gasteiger partial charge in [0.15, 0.2) is 5.58 Å². The largest absolute Gasteiger partial charge is 0.454 e. The van der Waals surface area contributed by atoms with Crippen LogP contribution in [0.5, 0.6) is 0 Å². The van der Waals surface area contributed by atoms with Crippen molar-refractivity contribution < 1.29 is 4.42 Å². The van der Waals surface area contributed by atoms with E-state index in [0.29, 0.717) is 0 Å². The van der Waals surface area contributed by atoms with Gasteiger partial charge >= 0.3 is 0 Å². The predicted molar refractivity (Wildman–Crippen MR) is 190 cm³/mol. The second kappa shape index (κ2) is 10.1. The van der Waals surface area contributed by atoms with Crippen molar-refractivity contribution in [3.8, 4) is 0 Å². The number of fused-ring (bicyclic) bond motifs is 12. The standard InChI is InChI=1S/C42H28N2O/c1-43-35(28-15-4-2-5-16-28)26-36(29-17-6-3-7-18-29)44-40-30-19-9-8-14-27(30)24-25-34(40)38-31-20-10-11-21-32(31)39-33-22-12-13-23-37(33)45-42(39)41(38)44/h2-26,36H,1H2/b35-26-. The van der Waals surface area contributed by atoms with Gasteiger partial charge < -0.3 is 8.98 Å². The van der Waals surface area contributed by atoms with Crippen molar-refractivity contribution in [2.75, 3.05) is 0 Å². The molecule has 1 atom stereocenters. The Morgan fingerprint density at radius 3 is 1.96 bits per heavy atom. The molecule has 3 nitrogen and oxygen atoms in total. The maximum Gasteiger partial charge on any atom is 0.160 e. The molecule has 0 bridgehead atoms. The Bertz CT molecular complexity index is 2610. The van der Waals surface area contributed by atoms with Gasteiger partial charge in [0.1, 0.15) is 5.58 Å². The Morgan fingerprint density at radius 1 is 0.578 bits per heavy atom. The SMILES string of the molecule is C=N/C(=C\C(c1ccccc1)n1c2c3ccccc3ccc2c2c3ccccc3c3c4ccccc4oc3c21)c1ccccc1. The van der Waals surface area contributed by atoms with Crippen LogP contribution in [0.1, 0.15) is 17.2 Å². The van der Waals surface area contributed by atoms with Gasteiger partial charge in [-0.2, -0.15) is 0 Å². The first kappa shape index (κ1) is 25.6. The quantitative estimate of drug-likeness (QED) is 0.187. The first-order valence-corrected chi connectivity index (χ1v) is 15.3. The summed E-state index contributed by atoms with van der Waals surface area (Å²) in [5, 5.41) is 9.46. The van der Waals surface area contributed by atoms with Crippen LogP contribution in [-0.4, -0.2) is 11.3 Å². The molecule has 212 valence electrons. The summed E-state index contributed by atoms with van der Waals surface area (Å²) in [5.41, 5.74) is 7.04. The number of allylic oxidation sites excluding steroid dienone is 1. The lowest BCUT2D eigenvalue weighted by molar-refractivity contribution is 0.665. The molecular weight excluding hydrogens is 548 g/mol. The fourth-order valence-corrected chi connectivity index (χ4v) is 7.22. The van der Waals surface area contributed by atoms with Crippen LogP contribution in [0.3, 0.4) is 0 Å². The number of furan rings is 1. The van der Waals surface area contributed by atoms with Crippen LogP contribution >= 0.6 is 0 Å². The first-order chi connectivity index (χ1) is 22.3. The number of hydrogen-bond acceptors (Lipinski definition) is 2. The number of benzene rings is 7. The molecule has 0 N–H and O–H groups in total. The smallest absolute Gasteiger partial charge is 0.160 e. The van der Waals surface area contributed by atoms with Gasteiger partial charge in [0.25, 0.3) is 0 Å². The number of aliphatic imine (C=N–C) groups is 1. The highest BCUT2D eigenvalue weighted by atomic mass is 16.3. The van der Waals surface area contributed by atoms with E-state index in [2.05, 4.69) is 144 Å². The van der Waals surface area contributed by atoms with Crippen LogP contribution in [0.2, 0.25) is 0 Å². The molecule has 0 aliphatic rings. The number of para-hydroxylation sites is 1. The molecule has 3 heteroatoms. The van der Waals surface area contributed by atoms with E-state index in [1.165, 1.54) is 37.8 Å². The minimum Gasteiger partial charge on any atom is -0.454 e. The number of hydrogen-bond donors (Lipinski definition) is 0. The maximum atomic E-state index is 6.88. The molecule has 9 aromatic rings. The molecule has 1 unspecified atom stereocenters. The van der Waals surface area contributed by atoms with E-state index < -0.39 is 0 Å². The Hall–Kier alpha value is -5.93. The molecule has 0 aliphatic heterocycles. The molecule has 0 radical (unpaired) electrons. The molecule has 2 aromatic heterocycles. The normalized spacial score (nSPS) is 13.0. The fourth-order valence-electron chi connectivity index (χ4n) is 7.22. The van der Waals surface area contributed by atoms with E-state index in [4.69, 9.17) is 4.42 Å². The minimum atomic E-state index is -0.213. The minimum absolute atomic E-state index is 0.213. The highest BCUT2D eigenvalue weighted by Crippen LogP contribution is 2.48. The Balaban J connectivity index is 1.56. The lowest BCUT2D eigenvalue weighted by Gasteiger charge is -2.21. The number of aromatic nitrogens is 1. The summed E-state index contributed by atoms with van der Waals surface area (Å²) in [4.78, 5) is 4.58. The van der Waals surface area contributed by atoms with Crippen LogP contribution in [0.4, 0.5) is 0 Å². The zero-order valence-corrected chi connectivity index (χ0v) is 24.5. The third-order valence-corrected chi connectivity index (χ3v) is 9.14. The fraction of sp³-hybridized carbons (Fsp3) is 0.0238. The van der Waals surface area contributed by atoms with Crippen molar-refractivity contribution in [1.29, 1.82) is 0 Å². The van der Waals surface area contributed by atoms with Gasteiger partial charge in [-0.15, -0.1) is 0 Å². The summed E-state index contributed by atoms with van der Waals surface area (Å²) in [5.74, 6) is 0. The van der Waals surface area contributed by atoms with Gasteiger partial charge in [-0.05, 0) is 46.1 Å². The molecule has 0 spiro atoms. The maximum absolute atomic E-state index is 6.88. The summed E-state index contributed by atoms with van der Waals surface area (Å²) in [6.45, 7) is 4.01. The molecule has 2 heterocycles. The molecule has 0 saturated carbocycles. The van der Waals surface area contributed by atoms with Gasteiger partial charge in [-0.3, -0.25) is 4.99 Å². The third kappa shape index (κ3) is 3.81. The van der Waals surface area contributed by atoms with E-state index in [9.17, 15) is 0 Å². The van der Waals surface area contributed by atoms with Gasteiger partial charge in [0.05, 0.1) is 22.8 Å². The summed E-state index contributed by atoms with van der Waals surface area (Å²) in [6.07, 6.45) is 2.25. The third-order valence-electron chi connectivity index (χ3n) is 9.14. The van der Waals surface area contributed by atoms with Crippen molar-refractivity contribution in [2.24, 2.45) is 4.99 Å². The average molecular weight is 577 g/mol. The van der Waals surface area contributed by atoms with E-state index in [-0.39, 0.29) is 6.04 Å². The summed E-state index contributed by atoms with van der Waals surface area (Å²) in [6, 6.07) is 51.1. The van der Waals surface area contributed by atoms with E-state index in [1.54, 1.807) is 0 Å². The van der Waals surface area contributed by atoms with E-state index >= 15 is 0 Å². The molecule has 0 amide bonds. The molecule has 45 heavy (non-hydrogen) atoms. The monoisotopic (exact) mass is 576 g/mol. The second-order valence-corrected chi connectivity index (χ2v) is 11.6. The summed E-state index contributed by atoms with van der Waals surface area (Å²) < 4.78 is 9.37. The number of nitrogens with zero attached hydrogens (tertiary/aromatic N) is 2. The van der Waals surface area contributed by atoms with Gasteiger partial charge in [-0.25, -0.2) is 0 Å². The van der Waals surface area contributed by atoms with E-state index in [0.717, 1.165) is 44.3 Å². The van der Waals surface area contributed by atoms with Crippen molar-refractivity contribution >= 4 is 77.7 Å². The van der Waals surface area contributed by atoms with Crippen molar-refractivity contribution in [2.45, 2.75) is 6.04 Å². The highest BCUT2D eigenvalue weighted by molar-refractivity contribution is 6.36. The number of rotatable bonds is 5. The van der Waals surface area contributed by atoms with Gasteiger partial charge in [-0.1, -0.05) is 140 Å². The Morgan fingerprint density at radius 2 is 1.20 bits per heavy atom.